The van der Waals surface area contributed by atoms with Gasteiger partial charge in [-0.05, 0) is 31.4 Å². The Balaban J connectivity index is 1.75. The summed E-state index contributed by atoms with van der Waals surface area (Å²) in [6, 6.07) is 7.88. The molecule has 0 aromatic heterocycles. The molecular formula is C15H19N3O2. The minimum Gasteiger partial charge on any atom is -0.355 e. The van der Waals surface area contributed by atoms with Crippen LogP contribution in [0.1, 0.15) is 29.6 Å². The van der Waals surface area contributed by atoms with Crippen LogP contribution in [0.3, 0.4) is 0 Å². The number of anilines is 1. The third kappa shape index (κ3) is 2.29. The van der Waals surface area contributed by atoms with Crippen molar-refractivity contribution in [1.29, 1.82) is 0 Å². The van der Waals surface area contributed by atoms with Crippen molar-refractivity contribution in [1.82, 2.24) is 10.6 Å². The molecule has 5 nitrogen and oxygen atoms in total. The fourth-order valence-electron chi connectivity index (χ4n) is 3.26. The fraction of sp³-hybridized carbons (Fsp3) is 0.467. The van der Waals surface area contributed by atoms with Crippen LogP contribution in [0.4, 0.5) is 5.69 Å². The highest BCUT2D eigenvalue weighted by atomic mass is 16.2. The standard InChI is InChI=1S/C15H19N3O2/c1-16-14(19)10-4-2-3-5-12(10)18-15(20)11-8-9-6-7-13(11)17-9/h2-5,9,11,13,17H,6-8H2,1H3,(H,16,19)(H,18,20). The molecule has 0 spiro atoms. The lowest BCUT2D eigenvalue weighted by Gasteiger charge is -2.20. The van der Waals surface area contributed by atoms with Gasteiger partial charge in [-0.3, -0.25) is 9.59 Å². The molecule has 0 aliphatic carbocycles. The first-order valence-electron chi connectivity index (χ1n) is 7.07. The van der Waals surface area contributed by atoms with Gasteiger partial charge in [-0.25, -0.2) is 0 Å². The topological polar surface area (TPSA) is 70.2 Å². The molecule has 5 heteroatoms. The van der Waals surface area contributed by atoms with E-state index in [0.29, 0.717) is 23.3 Å². The van der Waals surface area contributed by atoms with E-state index in [1.807, 2.05) is 6.07 Å². The van der Waals surface area contributed by atoms with Gasteiger partial charge in [-0.1, -0.05) is 12.1 Å². The number of amides is 2. The van der Waals surface area contributed by atoms with E-state index >= 15 is 0 Å². The van der Waals surface area contributed by atoms with E-state index in [1.165, 1.54) is 6.42 Å². The summed E-state index contributed by atoms with van der Waals surface area (Å²) < 4.78 is 0. The van der Waals surface area contributed by atoms with E-state index in [0.717, 1.165) is 12.8 Å². The first kappa shape index (κ1) is 13.1. The molecule has 2 aliphatic heterocycles. The molecule has 3 N–H and O–H groups in total. The highest BCUT2D eigenvalue weighted by Gasteiger charge is 2.42. The van der Waals surface area contributed by atoms with E-state index in [9.17, 15) is 9.59 Å². The van der Waals surface area contributed by atoms with Gasteiger partial charge in [0.2, 0.25) is 5.91 Å². The van der Waals surface area contributed by atoms with E-state index in [4.69, 9.17) is 0 Å². The van der Waals surface area contributed by atoms with Gasteiger partial charge in [-0.2, -0.15) is 0 Å². The van der Waals surface area contributed by atoms with Crippen molar-refractivity contribution >= 4 is 17.5 Å². The second-order valence-corrected chi connectivity index (χ2v) is 5.50. The zero-order valence-electron chi connectivity index (χ0n) is 11.5. The smallest absolute Gasteiger partial charge is 0.253 e. The molecule has 3 unspecified atom stereocenters. The van der Waals surface area contributed by atoms with Gasteiger partial charge in [-0.15, -0.1) is 0 Å². The number of fused-ring (bicyclic) bond motifs is 2. The van der Waals surface area contributed by atoms with Crippen molar-refractivity contribution in [2.75, 3.05) is 12.4 Å². The largest absolute Gasteiger partial charge is 0.355 e. The number of carbonyl (C=O) groups excluding carboxylic acids is 2. The Morgan fingerprint density at radius 3 is 2.70 bits per heavy atom. The fourth-order valence-corrected chi connectivity index (χ4v) is 3.26. The van der Waals surface area contributed by atoms with E-state index in [1.54, 1.807) is 25.2 Å². The van der Waals surface area contributed by atoms with Crippen LogP contribution in [0.15, 0.2) is 24.3 Å². The molecular weight excluding hydrogens is 254 g/mol. The monoisotopic (exact) mass is 273 g/mol. The lowest BCUT2D eigenvalue weighted by atomic mass is 9.88. The summed E-state index contributed by atoms with van der Waals surface area (Å²) in [5, 5.41) is 8.95. The number of para-hydroxylation sites is 1. The number of rotatable bonds is 3. The van der Waals surface area contributed by atoms with Crippen molar-refractivity contribution in [2.24, 2.45) is 5.92 Å². The number of carbonyl (C=O) groups is 2. The van der Waals surface area contributed by atoms with Gasteiger partial charge in [0.1, 0.15) is 0 Å². The number of hydrogen-bond acceptors (Lipinski definition) is 3. The number of hydrogen-bond donors (Lipinski definition) is 3. The Morgan fingerprint density at radius 2 is 2.05 bits per heavy atom. The summed E-state index contributed by atoms with van der Waals surface area (Å²) in [7, 11) is 1.58. The maximum absolute atomic E-state index is 12.4. The van der Waals surface area contributed by atoms with Crippen molar-refractivity contribution < 1.29 is 9.59 Å². The Kier molecular flexibility index (Phi) is 3.44. The van der Waals surface area contributed by atoms with Crippen LogP contribution < -0.4 is 16.0 Å². The molecule has 2 fully saturated rings. The van der Waals surface area contributed by atoms with Crippen LogP contribution in [0, 0.1) is 5.92 Å². The molecule has 3 atom stereocenters. The lowest BCUT2D eigenvalue weighted by molar-refractivity contribution is -0.120. The van der Waals surface area contributed by atoms with Crippen molar-refractivity contribution in [3.05, 3.63) is 29.8 Å². The van der Waals surface area contributed by atoms with Crippen molar-refractivity contribution in [3.63, 3.8) is 0 Å². The quantitative estimate of drug-likeness (QED) is 0.773. The zero-order valence-corrected chi connectivity index (χ0v) is 11.5. The van der Waals surface area contributed by atoms with Crippen LogP contribution in [-0.2, 0) is 4.79 Å². The van der Waals surface area contributed by atoms with Gasteiger partial charge < -0.3 is 16.0 Å². The van der Waals surface area contributed by atoms with Gasteiger partial charge in [0.05, 0.1) is 17.2 Å². The third-order valence-electron chi connectivity index (χ3n) is 4.29. The minimum atomic E-state index is -0.188. The Bertz CT molecular complexity index is 544. The first-order chi connectivity index (χ1) is 9.69. The molecule has 106 valence electrons. The molecule has 2 amide bonds. The molecule has 1 aromatic carbocycles. The SMILES string of the molecule is CNC(=O)c1ccccc1NC(=O)C1CC2CCC1N2. The van der Waals surface area contributed by atoms with Crippen LogP contribution in [0.25, 0.3) is 0 Å². The predicted molar refractivity (Wildman–Crippen MR) is 76.5 cm³/mol. The molecule has 2 heterocycles. The summed E-state index contributed by atoms with van der Waals surface area (Å²) in [5.41, 5.74) is 1.08. The van der Waals surface area contributed by atoms with Gasteiger partial charge >= 0.3 is 0 Å². The second kappa shape index (κ2) is 5.25. The highest BCUT2D eigenvalue weighted by molar-refractivity contribution is 6.04. The summed E-state index contributed by atoms with van der Waals surface area (Å²) in [5.74, 6) is -0.153. The summed E-state index contributed by atoms with van der Waals surface area (Å²) in [4.78, 5) is 24.2. The number of nitrogens with one attached hydrogen (secondary N) is 3. The molecule has 1 aromatic rings. The van der Waals surface area contributed by atoms with Crippen LogP contribution in [0.2, 0.25) is 0 Å². The molecule has 0 radical (unpaired) electrons. The Labute approximate surface area is 118 Å². The average Bonchev–Trinajstić information content (AvgIpc) is 3.09. The zero-order chi connectivity index (χ0) is 14.1. The van der Waals surface area contributed by atoms with Crippen LogP contribution in [0.5, 0.6) is 0 Å². The summed E-state index contributed by atoms with van der Waals surface area (Å²) in [6.07, 6.45) is 3.14. The predicted octanol–water partition coefficient (Wildman–Crippen LogP) is 1.13. The van der Waals surface area contributed by atoms with E-state index in [2.05, 4.69) is 16.0 Å². The van der Waals surface area contributed by atoms with Crippen LogP contribution in [-0.4, -0.2) is 30.9 Å². The highest BCUT2D eigenvalue weighted by Crippen LogP contribution is 2.34. The molecule has 2 saturated heterocycles. The molecule has 2 bridgehead atoms. The summed E-state index contributed by atoms with van der Waals surface area (Å²) >= 11 is 0. The Hall–Kier alpha value is -1.88. The van der Waals surface area contributed by atoms with Gasteiger partial charge in [0, 0.05) is 19.1 Å². The van der Waals surface area contributed by atoms with E-state index in [-0.39, 0.29) is 17.7 Å². The average molecular weight is 273 g/mol. The lowest BCUT2D eigenvalue weighted by Crippen LogP contribution is -2.33. The molecule has 0 saturated carbocycles. The summed E-state index contributed by atoms with van der Waals surface area (Å²) in [6.45, 7) is 0. The van der Waals surface area contributed by atoms with Crippen molar-refractivity contribution in [3.8, 4) is 0 Å². The Morgan fingerprint density at radius 1 is 1.25 bits per heavy atom. The van der Waals surface area contributed by atoms with Crippen molar-refractivity contribution in [2.45, 2.75) is 31.3 Å². The molecule has 2 aliphatic rings. The van der Waals surface area contributed by atoms with Gasteiger partial charge in [0.25, 0.3) is 5.91 Å². The third-order valence-corrected chi connectivity index (χ3v) is 4.29. The minimum absolute atomic E-state index is 0.0149. The first-order valence-corrected chi connectivity index (χ1v) is 7.07. The van der Waals surface area contributed by atoms with Gasteiger partial charge in [0.15, 0.2) is 0 Å². The molecule has 3 rings (SSSR count). The molecule has 20 heavy (non-hydrogen) atoms. The maximum Gasteiger partial charge on any atom is 0.253 e. The normalized spacial score (nSPS) is 27.4. The van der Waals surface area contributed by atoms with E-state index < -0.39 is 0 Å². The maximum atomic E-state index is 12.4. The second-order valence-electron chi connectivity index (χ2n) is 5.50. The number of benzene rings is 1. The van der Waals surface area contributed by atoms with Crippen LogP contribution >= 0.6 is 0 Å².